The van der Waals surface area contributed by atoms with E-state index in [0.29, 0.717) is 17.6 Å². The number of ether oxygens (including phenoxy) is 1. The third-order valence-corrected chi connectivity index (χ3v) is 2.35. The molecule has 1 saturated heterocycles. The Hall–Kier alpha value is -1.29. The van der Waals surface area contributed by atoms with Crippen molar-refractivity contribution in [3.8, 4) is 0 Å². The van der Waals surface area contributed by atoms with Gasteiger partial charge in [0.2, 0.25) is 0 Å². The van der Waals surface area contributed by atoms with Crippen molar-refractivity contribution in [1.29, 1.82) is 0 Å². The van der Waals surface area contributed by atoms with E-state index < -0.39 is 0 Å². The molecule has 13 heavy (non-hydrogen) atoms. The van der Waals surface area contributed by atoms with Crippen LogP contribution in [0.1, 0.15) is 17.9 Å². The highest BCUT2D eigenvalue weighted by Gasteiger charge is 2.20. The summed E-state index contributed by atoms with van der Waals surface area (Å²) in [6.07, 6.45) is 1.02. The number of pyridine rings is 1. The Morgan fingerprint density at radius 3 is 2.85 bits per heavy atom. The number of anilines is 2. The predicted molar refractivity (Wildman–Crippen MR) is 51.2 cm³/mol. The quantitative estimate of drug-likeness (QED) is 0.667. The van der Waals surface area contributed by atoms with Crippen molar-refractivity contribution in [3.05, 3.63) is 17.7 Å². The lowest BCUT2D eigenvalue weighted by molar-refractivity contribution is 0.194. The summed E-state index contributed by atoms with van der Waals surface area (Å²) in [7, 11) is 0. The first-order valence-corrected chi connectivity index (χ1v) is 4.37. The number of hydrogen-bond donors (Lipinski definition) is 2. The molecule has 1 fully saturated rings. The van der Waals surface area contributed by atoms with Crippen LogP contribution >= 0.6 is 0 Å². The summed E-state index contributed by atoms with van der Waals surface area (Å²) in [6, 6.07) is 3.72. The van der Waals surface area contributed by atoms with E-state index in [1.54, 1.807) is 6.07 Å². The molecule has 1 aromatic rings. The van der Waals surface area contributed by atoms with Crippen molar-refractivity contribution in [2.75, 3.05) is 24.7 Å². The van der Waals surface area contributed by atoms with Crippen LogP contribution in [0.4, 0.5) is 11.6 Å². The Balaban J connectivity index is 2.29. The second-order valence-electron chi connectivity index (χ2n) is 3.27. The molecule has 0 aromatic carbocycles. The molecule has 4 heteroatoms. The maximum Gasteiger partial charge on any atom is 0.129 e. The summed E-state index contributed by atoms with van der Waals surface area (Å²) >= 11 is 0. The third kappa shape index (κ3) is 1.58. The van der Waals surface area contributed by atoms with E-state index in [-0.39, 0.29) is 0 Å². The van der Waals surface area contributed by atoms with Gasteiger partial charge in [0.05, 0.1) is 6.61 Å². The molecule has 1 aliphatic heterocycles. The maximum atomic E-state index is 5.75. The monoisotopic (exact) mass is 179 g/mol. The molecule has 0 spiro atoms. The SMILES string of the molecule is Nc1ccc(C2CCOC2)c(N)n1. The molecule has 70 valence electrons. The van der Waals surface area contributed by atoms with E-state index in [0.717, 1.165) is 25.2 Å². The number of rotatable bonds is 1. The molecule has 1 atom stereocenters. The number of nitrogen functional groups attached to an aromatic ring is 2. The first kappa shape index (κ1) is 8.31. The van der Waals surface area contributed by atoms with Crippen LogP contribution in [0.3, 0.4) is 0 Å². The first-order valence-electron chi connectivity index (χ1n) is 4.37. The zero-order chi connectivity index (χ0) is 9.26. The third-order valence-electron chi connectivity index (χ3n) is 2.35. The number of aromatic nitrogens is 1. The Morgan fingerprint density at radius 2 is 2.23 bits per heavy atom. The van der Waals surface area contributed by atoms with Gasteiger partial charge in [-0.3, -0.25) is 0 Å². The highest BCUT2D eigenvalue weighted by atomic mass is 16.5. The van der Waals surface area contributed by atoms with Gasteiger partial charge >= 0.3 is 0 Å². The zero-order valence-corrected chi connectivity index (χ0v) is 7.36. The smallest absolute Gasteiger partial charge is 0.129 e. The van der Waals surface area contributed by atoms with Crippen LogP contribution in [0.2, 0.25) is 0 Å². The molecule has 0 bridgehead atoms. The summed E-state index contributed by atoms with van der Waals surface area (Å²) in [5.74, 6) is 1.41. The van der Waals surface area contributed by atoms with Crippen LogP contribution < -0.4 is 11.5 Å². The molecule has 1 aliphatic rings. The van der Waals surface area contributed by atoms with E-state index in [4.69, 9.17) is 16.2 Å². The second-order valence-corrected chi connectivity index (χ2v) is 3.27. The van der Waals surface area contributed by atoms with E-state index in [1.807, 2.05) is 6.07 Å². The van der Waals surface area contributed by atoms with Gasteiger partial charge in [0.25, 0.3) is 0 Å². The topological polar surface area (TPSA) is 74.2 Å². The molecule has 0 radical (unpaired) electrons. The van der Waals surface area contributed by atoms with E-state index in [2.05, 4.69) is 4.98 Å². The van der Waals surface area contributed by atoms with Gasteiger partial charge in [-0.05, 0) is 18.1 Å². The predicted octanol–water partition coefficient (Wildman–Crippen LogP) is 0.750. The summed E-state index contributed by atoms with van der Waals surface area (Å²) < 4.78 is 5.28. The van der Waals surface area contributed by atoms with Crippen LogP contribution in [-0.4, -0.2) is 18.2 Å². The fourth-order valence-corrected chi connectivity index (χ4v) is 1.63. The molecule has 4 N–H and O–H groups in total. The lowest BCUT2D eigenvalue weighted by atomic mass is 9.99. The Kier molecular flexibility index (Phi) is 2.06. The van der Waals surface area contributed by atoms with Gasteiger partial charge in [-0.2, -0.15) is 0 Å². The Labute approximate surface area is 76.9 Å². The van der Waals surface area contributed by atoms with Gasteiger partial charge in [-0.1, -0.05) is 6.07 Å². The summed E-state index contributed by atoms with van der Waals surface area (Å²) in [6.45, 7) is 1.56. The van der Waals surface area contributed by atoms with Gasteiger partial charge < -0.3 is 16.2 Å². The van der Waals surface area contributed by atoms with Crippen LogP contribution in [0, 0.1) is 0 Å². The normalized spacial score (nSPS) is 22.0. The minimum atomic E-state index is 0.396. The second kappa shape index (κ2) is 3.22. The van der Waals surface area contributed by atoms with Gasteiger partial charge in [-0.15, -0.1) is 0 Å². The molecule has 2 rings (SSSR count). The van der Waals surface area contributed by atoms with Crippen molar-refractivity contribution in [2.24, 2.45) is 0 Å². The van der Waals surface area contributed by atoms with Crippen molar-refractivity contribution >= 4 is 11.6 Å². The van der Waals surface area contributed by atoms with Crippen LogP contribution in [0.25, 0.3) is 0 Å². The molecule has 2 heterocycles. The van der Waals surface area contributed by atoms with Crippen LogP contribution in [0.5, 0.6) is 0 Å². The summed E-state index contributed by atoms with van der Waals surface area (Å²) in [5.41, 5.74) is 12.3. The zero-order valence-electron chi connectivity index (χ0n) is 7.36. The van der Waals surface area contributed by atoms with Crippen molar-refractivity contribution in [2.45, 2.75) is 12.3 Å². The van der Waals surface area contributed by atoms with Crippen LogP contribution in [-0.2, 0) is 4.74 Å². The van der Waals surface area contributed by atoms with E-state index in [9.17, 15) is 0 Å². The molecule has 1 unspecified atom stereocenters. The fraction of sp³-hybridized carbons (Fsp3) is 0.444. The summed E-state index contributed by atoms with van der Waals surface area (Å²) in [5, 5.41) is 0. The number of hydrogen-bond acceptors (Lipinski definition) is 4. The maximum absolute atomic E-state index is 5.75. The number of nitrogens with two attached hydrogens (primary N) is 2. The average molecular weight is 179 g/mol. The molecule has 4 nitrogen and oxygen atoms in total. The molecule has 0 aliphatic carbocycles. The average Bonchev–Trinajstić information content (AvgIpc) is 2.56. The van der Waals surface area contributed by atoms with Crippen molar-refractivity contribution in [3.63, 3.8) is 0 Å². The van der Waals surface area contributed by atoms with E-state index in [1.165, 1.54) is 0 Å². The van der Waals surface area contributed by atoms with E-state index >= 15 is 0 Å². The lowest BCUT2D eigenvalue weighted by Crippen LogP contribution is -2.05. The minimum Gasteiger partial charge on any atom is -0.384 e. The van der Waals surface area contributed by atoms with Gasteiger partial charge in [0, 0.05) is 12.5 Å². The molecular weight excluding hydrogens is 166 g/mol. The van der Waals surface area contributed by atoms with Crippen molar-refractivity contribution in [1.82, 2.24) is 4.98 Å². The fourth-order valence-electron chi connectivity index (χ4n) is 1.63. The first-order chi connectivity index (χ1) is 6.27. The lowest BCUT2D eigenvalue weighted by Gasteiger charge is -2.10. The van der Waals surface area contributed by atoms with Gasteiger partial charge in [-0.25, -0.2) is 4.98 Å². The molecule has 0 saturated carbocycles. The van der Waals surface area contributed by atoms with Crippen LogP contribution in [0.15, 0.2) is 12.1 Å². The largest absolute Gasteiger partial charge is 0.384 e. The highest BCUT2D eigenvalue weighted by Crippen LogP contribution is 2.28. The number of nitrogens with zero attached hydrogens (tertiary/aromatic N) is 1. The van der Waals surface area contributed by atoms with Gasteiger partial charge in [0.15, 0.2) is 0 Å². The molecule has 1 aromatic heterocycles. The summed E-state index contributed by atoms with van der Waals surface area (Å²) in [4.78, 5) is 4.02. The molecular formula is C9H13N3O. The Bertz CT molecular complexity index is 308. The van der Waals surface area contributed by atoms with Gasteiger partial charge in [0.1, 0.15) is 11.6 Å². The standard InChI is InChI=1S/C9H13N3O/c10-8-2-1-7(9(11)12-8)6-3-4-13-5-6/h1-2,6H,3-5H2,(H4,10,11,12). The van der Waals surface area contributed by atoms with Crippen molar-refractivity contribution < 1.29 is 4.74 Å². The molecule has 0 amide bonds. The highest BCUT2D eigenvalue weighted by molar-refractivity contribution is 5.48. The minimum absolute atomic E-state index is 0.396. The Morgan fingerprint density at radius 1 is 1.38 bits per heavy atom.